The van der Waals surface area contributed by atoms with Gasteiger partial charge in [-0.15, -0.1) is 0 Å². The molecule has 1 fully saturated rings. The Morgan fingerprint density at radius 2 is 2.28 bits per heavy atom. The largest absolute Gasteiger partial charge is 0.478 e. The van der Waals surface area contributed by atoms with Gasteiger partial charge in [0.25, 0.3) is 0 Å². The molecule has 1 heterocycles. The van der Waals surface area contributed by atoms with Crippen molar-refractivity contribution in [1.29, 1.82) is 0 Å². The van der Waals surface area contributed by atoms with Crippen LogP contribution in [0.15, 0.2) is 12.3 Å². The number of ether oxygens (including phenoxy) is 1. The maximum atomic E-state index is 5.46. The fraction of sp³-hybridized carbons (Fsp3) is 0.692. The lowest BCUT2D eigenvalue weighted by atomic mass is 10.4. The van der Waals surface area contributed by atoms with Crippen molar-refractivity contribution in [3.63, 3.8) is 0 Å². The van der Waals surface area contributed by atoms with E-state index in [0.29, 0.717) is 18.4 Å². The molecule has 1 saturated carbocycles. The van der Waals surface area contributed by atoms with Crippen LogP contribution in [0, 0.1) is 0 Å². The SMILES string of the molecule is CCCOc1ccnc(NCCCNC2CC2)n1. The molecule has 1 aliphatic rings. The second-order valence-corrected chi connectivity index (χ2v) is 4.58. The third-order valence-corrected chi connectivity index (χ3v) is 2.73. The number of rotatable bonds is 9. The van der Waals surface area contributed by atoms with Gasteiger partial charge in [-0.25, -0.2) is 4.98 Å². The zero-order valence-electron chi connectivity index (χ0n) is 11.0. The van der Waals surface area contributed by atoms with Crippen LogP contribution in [0.5, 0.6) is 5.88 Å². The molecule has 0 atom stereocenters. The first-order valence-corrected chi connectivity index (χ1v) is 6.81. The van der Waals surface area contributed by atoms with E-state index in [1.165, 1.54) is 12.8 Å². The minimum Gasteiger partial charge on any atom is -0.478 e. The molecule has 0 aromatic carbocycles. The molecule has 0 bridgehead atoms. The van der Waals surface area contributed by atoms with E-state index in [1.807, 2.05) is 0 Å². The van der Waals surface area contributed by atoms with E-state index in [1.54, 1.807) is 12.3 Å². The summed E-state index contributed by atoms with van der Waals surface area (Å²) in [5, 5.41) is 6.69. The summed E-state index contributed by atoms with van der Waals surface area (Å²) < 4.78 is 5.46. The predicted octanol–water partition coefficient (Wildman–Crippen LogP) is 1.82. The molecule has 1 aliphatic carbocycles. The quantitative estimate of drug-likeness (QED) is 0.655. The van der Waals surface area contributed by atoms with Crippen LogP contribution in [0.3, 0.4) is 0 Å². The van der Waals surface area contributed by atoms with Gasteiger partial charge in [0, 0.05) is 24.8 Å². The van der Waals surface area contributed by atoms with Crippen molar-refractivity contribution in [2.24, 2.45) is 0 Å². The molecule has 18 heavy (non-hydrogen) atoms. The summed E-state index contributed by atoms with van der Waals surface area (Å²) >= 11 is 0. The Balaban J connectivity index is 1.64. The first-order valence-electron chi connectivity index (χ1n) is 6.81. The van der Waals surface area contributed by atoms with Crippen LogP contribution in [-0.2, 0) is 0 Å². The van der Waals surface area contributed by atoms with Crippen molar-refractivity contribution in [1.82, 2.24) is 15.3 Å². The minimum absolute atomic E-state index is 0.644. The number of hydrogen-bond acceptors (Lipinski definition) is 5. The molecule has 100 valence electrons. The van der Waals surface area contributed by atoms with E-state index in [0.717, 1.165) is 32.0 Å². The monoisotopic (exact) mass is 250 g/mol. The highest BCUT2D eigenvalue weighted by Gasteiger charge is 2.19. The lowest BCUT2D eigenvalue weighted by molar-refractivity contribution is 0.305. The number of anilines is 1. The lowest BCUT2D eigenvalue weighted by Crippen LogP contribution is -2.20. The summed E-state index contributed by atoms with van der Waals surface area (Å²) in [6.07, 6.45) is 6.48. The predicted molar refractivity (Wildman–Crippen MR) is 71.9 cm³/mol. The maximum absolute atomic E-state index is 5.46. The van der Waals surface area contributed by atoms with E-state index >= 15 is 0 Å². The van der Waals surface area contributed by atoms with Gasteiger partial charge in [-0.1, -0.05) is 6.92 Å². The first-order chi connectivity index (χ1) is 8.88. The zero-order chi connectivity index (χ0) is 12.6. The summed E-state index contributed by atoms with van der Waals surface area (Å²) in [5.74, 6) is 1.29. The van der Waals surface area contributed by atoms with Gasteiger partial charge >= 0.3 is 0 Å². The van der Waals surface area contributed by atoms with E-state index in [4.69, 9.17) is 4.74 Å². The molecule has 1 aromatic heterocycles. The Morgan fingerprint density at radius 3 is 3.06 bits per heavy atom. The number of nitrogens with zero attached hydrogens (tertiary/aromatic N) is 2. The Bertz CT molecular complexity index is 355. The molecule has 0 amide bonds. The van der Waals surface area contributed by atoms with E-state index in [-0.39, 0.29) is 0 Å². The van der Waals surface area contributed by atoms with Gasteiger partial charge in [-0.3, -0.25) is 0 Å². The highest BCUT2D eigenvalue weighted by Crippen LogP contribution is 2.18. The Hall–Kier alpha value is -1.36. The first kappa shape index (κ1) is 13.1. The molecule has 0 radical (unpaired) electrons. The van der Waals surface area contributed by atoms with Crippen LogP contribution in [0.4, 0.5) is 5.95 Å². The van der Waals surface area contributed by atoms with E-state index in [2.05, 4.69) is 27.5 Å². The van der Waals surface area contributed by atoms with Gasteiger partial charge in [-0.2, -0.15) is 4.98 Å². The smallest absolute Gasteiger partial charge is 0.225 e. The molecule has 2 rings (SSSR count). The molecule has 5 nitrogen and oxygen atoms in total. The third-order valence-electron chi connectivity index (χ3n) is 2.73. The Morgan fingerprint density at radius 1 is 1.39 bits per heavy atom. The Kier molecular flexibility index (Phi) is 5.20. The van der Waals surface area contributed by atoms with Crippen molar-refractivity contribution >= 4 is 5.95 Å². The minimum atomic E-state index is 0.644. The highest BCUT2D eigenvalue weighted by atomic mass is 16.5. The van der Waals surface area contributed by atoms with Crippen molar-refractivity contribution in [3.8, 4) is 5.88 Å². The standard InChI is InChI=1S/C13H22N4O/c1-2-10-18-12-6-9-16-13(17-12)15-8-3-7-14-11-4-5-11/h6,9,11,14H,2-5,7-8,10H2,1H3,(H,15,16,17). The van der Waals surface area contributed by atoms with Crippen molar-refractivity contribution in [3.05, 3.63) is 12.3 Å². The average molecular weight is 250 g/mol. The second kappa shape index (κ2) is 7.16. The maximum Gasteiger partial charge on any atom is 0.225 e. The normalized spacial score (nSPS) is 14.5. The van der Waals surface area contributed by atoms with Crippen LogP contribution in [0.2, 0.25) is 0 Å². The summed E-state index contributed by atoms with van der Waals surface area (Å²) in [6, 6.07) is 2.57. The summed E-state index contributed by atoms with van der Waals surface area (Å²) in [4.78, 5) is 8.46. The second-order valence-electron chi connectivity index (χ2n) is 4.58. The fourth-order valence-corrected chi connectivity index (χ4v) is 1.60. The molecule has 0 saturated heterocycles. The van der Waals surface area contributed by atoms with Gasteiger partial charge in [0.15, 0.2) is 0 Å². The van der Waals surface area contributed by atoms with Gasteiger partial charge in [-0.05, 0) is 32.2 Å². The van der Waals surface area contributed by atoms with Crippen LogP contribution in [0.1, 0.15) is 32.6 Å². The molecule has 1 aromatic rings. The van der Waals surface area contributed by atoms with E-state index < -0.39 is 0 Å². The summed E-state index contributed by atoms with van der Waals surface area (Å²) in [5.41, 5.74) is 0. The van der Waals surface area contributed by atoms with Gasteiger partial charge in [0.1, 0.15) is 0 Å². The van der Waals surface area contributed by atoms with Gasteiger partial charge < -0.3 is 15.4 Å². The van der Waals surface area contributed by atoms with Crippen molar-refractivity contribution in [2.75, 3.05) is 25.0 Å². The highest BCUT2D eigenvalue weighted by molar-refractivity contribution is 5.27. The molecule has 2 N–H and O–H groups in total. The summed E-state index contributed by atoms with van der Waals surface area (Å²) in [6.45, 7) is 4.72. The van der Waals surface area contributed by atoms with Gasteiger partial charge in [0.05, 0.1) is 6.61 Å². The van der Waals surface area contributed by atoms with Gasteiger partial charge in [0.2, 0.25) is 11.8 Å². The average Bonchev–Trinajstić information content (AvgIpc) is 3.20. The third kappa shape index (κ3) is 4.87. The van der Waals surface area contributed by atoms with Crippen LogP contribution in [0.25, 0.3) is 0 Å². The number of aromatic nitrogens is 2. The molecule has 0 unspecified atom stereocenters. The van der Waals surface area contributed by atoms with E-state index in [9.17, 15) is 0 Å². The molecule has 0 aliphatic heterocycles. The lowest BCUT2D eigenvalue weighted by Gasteiger charge is -2.07. The summed E-state index contributed by atoms with van der Waals surface area (Å²) in [7, 11) is 0. The zero-order valence-corrected chi connectivity index (χ0v) is 11.0. The van der Waals surface area contributed by atoms with Crippen LogP contribution in [-0.4, -0.2) is 35.7 Å². The molecular formula is C13H22N4O. The Labute approximate surface area is 108 Å². The fourth-order valence-electron chi connectivity index (χ4n) is 1.60. The van der Waals surface area contributed by atoms with Crippen molar-refractivity contribution in [2.45, 2.75) is 38.6 Å². The number of hydrogen-bond donors (Lipinski definition) is 2. The van der Waals surface area contributed by atoms with Crippen molar-refractivity contribution < 1.29 is 4.74 Å². The molecule has 5 heteroatoms. The van der Waals surface area contributed by atoms with Crippen LogP contribution >= 0.6 is 0 Å². The topological polar surface area (TPSA) is 59.1 Å². The van der Waals surface area contributed by atoms with Crippen LogP contribution < -0.4 is 15.4 Å². The number of nitrogens with one attached hydrogen (secondary N) is 2. The molecular weight excluding hydrogens is 228 g/mol. The molecule has 0 spiro atoms.